The van der Waals surface area contributed by atoms with Gasteiger partial charge in [-0.25, -0.2) is 0 Å². The summed E-state index contributed by atoms with van der Waals surface area (Å²) in [5.74, 6) is 2.54. The molecule has 4 heteroatoms. The van der Waals surface area contributed by atoms with E-state index in [0.29, 0.717) is 6.04 Å². The lowest BCUT2D eigenvalue weighted by Gasteiger charge is -2.34. The number of rotatable bonds is 5. The van der Waals surface area contributed by atoms with Crippen LogP contribution in [0.1, 0.15) is 52.4 Å². The molecule has 0 aromatic heterocycles. The van der Waals surface area contributed by atoms with Gasteiger partial charge in [-0.2, -0.15) is 0 Å². The predicted molar refractivity (Wildman–Crippen MR) is 90.8 cm³/mol. The van der Waals surface area contributed by atoms with E-state index in [4.69, 9.17) is 0 Å². The average molecular weight is 294 g/mol. The zero-order chi connectivity index (χ0) is 15.1. The highest BCUT2D eigenvalue weighted by atomic mass is 15.2. The van der Waals surface area contributed by atoms with Gasteiger partial charge in [0.15, 0.2) is 5.96 Å². The summed E-state index contributed by atoms with van der Waals surface area (Å²) >= 11 is 0. The molecular weight excluding hydrogens is 260 g/mol. The van der Waals surface area contributed by atoms with Gasteiger partial charge in [-0.1, -0.05) is 26.7 Å². The third-order valence-corrected chi connectivity index (χ3v) is 4.70. The lowest BCUT2D eigenvalue weighted by atomic mass is 9.97. The summed E-state index contributed by atoms with van der Waals surface area (Å²) in [5, 5.41) is 7.13. The number of hydrogen-bond acceptors (Lipinski definition) is 2. The molecule has 122 valence electrons. The molecule has 0 aromatic carbocycles. The Kier molecular flexibility index (Phi) is 6.81. The van der Waals surface area contributed by atoms with Gasteiger partial charge in [0.25, 0.3) is 0 Å². The number of likely N-dealkylation sites (tertiary alicyclic amines) is 1. The molecule has 1 heterocycles. The molecule has 0 radical (unpaired) electrons. The maximum Gasteiger partial charge on any atom is 0.191 e. The summed E-state index contributed by atoms with van der Waals surface area (Å²) in [6, 6.07) is 0.639. The molecular formula is C17H34N4. The largest absolute Gasteiger partial charge is 0.356 e. The Morgan fingerprint density at radius 1 is 1.19 bits per heavy atom. The van der Waals surface area contributed by atoms with Gasteiger partial charge in [0.2, 0.25) is 0 Å². The van der Waals surface area contributed by atoms with Crippen LogP contribution in [0.2, 0.25) is 0 Å². The Balaban J connectivity index is 1.70. The first-order valence-electron chi connectivity index (χ1n) is 8.87. The summed E-state index contributed by atoms with van der Waals surface area (Å²) in [4.78, 5) is 7.02. The van der Waals surface area contributed by atoms with Gasteiger partial charge in [0.1, 0.15) is 0 Å². The fraction of sp³-hybridized carbons (Fsp3) is 0.941. The second kappa shape index (κ2) is 8.62. The molecule has 0 aromatic rings. The minimum Gasteiger partial charge on any atom is -0.356 e. The van der Waals surface area contributed by atoms with Crippen LogP contribution in [0, 0.1) is 11.8 Å². The molecule has 4 nitrogen and oxygen atoms in total. The molecule has 0 bridgehead atoms. The normalized spacial score (nSPS) is 25.5. The molecule has 1 aliphatic heterocycles. The number of piperidine rings is 1. The number of hydrogen-bond donors (Lipinski definition) is 2. The molecule has 0 spiro atoms. The van der Waals surface area contributed by atoms with Gasteiger partial charge in [0, 0.05) is 32.7 Å². The molecule has 0 amide bonds. The average Bonchev–Trinajstić information content (AvgIpc) is 2.96. The van der Waals surface area contributed by atoms with Crippen LogP contribution in [0.15, 0.2) is 4.99 Å². The van der Waals surface area contributed by atoms with E-state index in [1.807, 2.05) is 7.05 Å². The van der Waals surface area contributed by atoms with Crippen molar-refractivity contribution >= 4 is 5.96 Å². The summed E-state index contributed by atoms with van der Waals surface area (Å²) in [6.45, 7) is 9.45. The molecule has 1 atom stereocenters. The molecule has 2 fully saturated rings. The number of nitrogens with one attached hydrogen (secondary N) is 2. The van der Waals surface area contributed by atoms with Gasteiger partial charge in [-0.15, -0.1) is 0 Å². The van der Waals surface area contributed by atoms with E-state index in [1.165, 1.54) is 58.2 Å². The van der Waals surface area contributed by atoms with Gasteiger partial charge in [-0.05, 0) is 44.1 Å². The number of nitrogens with zero attached hydrogens (tertiary/aromatic N) is 2. The maximum absolute atomic E-state index is 4.38. The minimum absolute atomic E-state index is 0.639. The predicted octanol–water partition coefficient (Wildman–Crippen LogP) is 2.46. The second-order valence-electron chi connectivity index (χ2n) is 7.24. The standard InChI is InChI=1S/C17H34N4/c1-14(2)12-21-10-6-7-15(13-21)11-19-17(18-3)20-16-8-4-5-9-16/h14-16H,4-13H2,1-3H3,(H2,18,19,20). The maximum atomic E-state index is 4.38. The lowest BCUT2D eigenvalue weighted by Crippen LogP contribution is -2.47. The van der Waals surface area contributed by atoms with Gasteiger partial charge < -0.3 is 15.5 Å². The van der Waals surface area contributed by atoms with E-state index < -0.39 is 0 Å². The highest BCUT2D eigenvalue weighted by molar-refractivity contribution is 5.79. The quantitative estimate of drug-likeness (QED) is 0.604. The van der Waals surface area contributed by atoms with E-state index >= 15 is 0 Å². The Labute approximate surface area is 130 Å². The molecule has 1 saturated carbocycles. The SMILES string of the molecule is CN=C(NCC1CCCN(CC(C)C)C1)NC1CCCC1. The fourth-order valence-corrected chi connectivity index (χ4v) is 3.70. The topological polar surface area (TPSA) is 39.7 Å². The zero-order valence-corrected chi connectivity index (χ0v) is 14.2. The van der Waals surface area contributed by atoms with E-state index in [1.54, 1.807) is 0 Å². The summed E-state index contributed by atoms with van der Waals surface area (Å²) in [5.41, 5.74) is 0. The van der Waals surface area contributed by atoms with Crippen LogP contribution in [-0.4, -0.2) is 50.1 Å². The van der Waals surface area contributed by atoms with Crippen molar-refractivity contribution in [1.82, 2.24) is 15.5 Å². The Hall–Kier alpha value is -0.770. The molecule has 1 saturated heterocycles. The lowest BCUT2D eigenvalue weighted by molar-refractivity contribution is 0.159. The van der Waals surface area contributed by atoms with Crippen LogP contribution in [-0.2, 0) is 0 Å². The summed E-state index contributed by atoms with van der Waals surface area (Å²) in [6.07, 6.45) is 8.01. The summed E-state index contributed by atoms with van der Waals surface area (Å²) in [7, 11) is 1.89. The van der Waals surface area contributed by atoms with Crippen molar-refractivity contribution in [3.63, 3.8) is 0 Å². The van der Waals surface area contributed by atoms with Crippen LogP contribution in [0.4, 0.5) is 0 Å². The van der Waals surface area contributed by atoms with Crippen LogP contribution in [0.25, 0.3) is 0 Å². The van der Waals surface area contributed by atoms with Crippen LogP contribution in [0.5, 0.6) is 0 Å². The van der Waals surface area contributed by atoms with Gasteiger partial charge >= 0.3 is 0 Å². The van der Waals surface area contributed by atoms with E-state index in [-0.39, 0.29) is 0 Å². The fourth-order valence-electron chi connectivity index (χ4n) is 3.70. The first kappa shape index (κ1) is 16.6. The van der Waals surface area contributed by atoms with E-state index in [0.717, 1.165) is 24.3 Å². The first-order chi connectivity index (χ1) is 10.2. The highest BCUT2D eigenvalue weighted by Crippen LogP contribution is 2.18. The van der Waals surface area contributed by atoms with Crippen molar-refractivity contribution in [2.24, 2.45) is 16.8 Å². The van der Waals surface area contributed by atoms with Gasteiger partial charge in [-0.3, -0.25) is 4.99 Å². The molecule has 2 rings (SSSR count). The molecule has 2 N–H and O–H groups in total. The van der Waals surface area contributed by atoms with Crippen molar-refractivity contribution in [1.29, 1.82) is 0 Å². The Morgan fingerprint density at radius 2 is 1.95 bits per heavy atom. The molecule has 1 unspecified atom stereocenters. The van der Waals surface area contributed by atoms with Crippen LogP contribution < -0.4 is 10.6 Å². The van der Waals surface area contributed by atoms with Crippen molar-refractivity contribution in [2.75, 3.05) is 33.2 Å². The van der Waals surface area contributed by atoms with Crippen molar-refractivity contribution in [3.05, 3.63) is 0 Å². The Morgan fingerprint density at radius 3 is 2.62 bits per heavy atom. The monoisotopic (exact) mass is 294 g/mol. The number of guanidine groups is 1. The third kappa shape index (κ3) is 5.85. The Bertz CT molecular complexity index is 321. The van der Waals surface area contributed by atoms with Crippen molar-refractivity contribution in [3.8, 4) is 0 Å². The zero-order valence-electron chi connectivity index (χ0n) is 14.2. The van der Waals surface area contributed by atoms with Crippen molar-refractivity contribution < 1.29 is 0 Å². The van der Waals surface area contributed by atoms with Crippen molar-refractivity contribution in [2.45, 2.75) is 58.4 Å². The first-order valence-corrected chi connectivity index (χ1v) is 8.87. The number of aliphatic imine (C=N–C) groups is 1. The molecule has 21 heavy (non-hydrogen) atoms. The highest BCUT2D eigenvalue weighted by Gasteiger charge is 2.21. The summed E-state index contributed by atoms with van der Waals surface area (Å²) < 4.78 is 0. The minimum atomic E-state index is 0.639. The smallest absolute Gasteiger partial charge is 0.191 e. The van der Waals surface area contributed by atoms with Crippen LogP contribution >= 0.6 is 0 Å². The van der Waals surface area contributed by atoms with E-state index in [2.05, 4.69) is 34.4 Å². The third-order valence-electron chi connectivity index (χ3n) is 4.70. The second-order valence-corrected chi connectivity index (χ2v) is 7.24. The van der Waals surface area contributed by atoms with Gasteiger partial charge in [0.05, 0.1) is 0 Å². The van der Waals surface area contributed by atoms with Crippen LogP contribution in [0.3, 0.4) is 0 Å². The van der Waals surface area contributed by atoms with E-state index in [9.17, 15) is 0 Å². The molecule has 2 aliphatic rings. The molecule has 1 aliphatic carbocycles.